The van der Waals surface area contributed by atoms with Gasteiger partial charge in [0.1, 0.15) is 0 Å². The van der Waals surface area contributed by atoms with Crippen LogP contribution in [-0.2, 0) is 4.74 Å². The Morgan fingerprint density at radius 2 is 1.30 bits per heavy atom. The fourth-order valence-corrected chi connectivity index (χ4v) is 3.85. The molecule has 0 amide bonds. The molecule has 1 rings (SSSR count). The van der Waals surface area contributed by atoms with E-state index in [2.05, 4.69) is 26.5 Å². The minimum atomic E-state index is 0.462. The molecule has 0 spiro atoms. The van der Waals surface area contributed by atoms with Crippen molar-refractivity contribution in [1.29, 1.82) is 0 Å². The monoisotopic (exact) mass is 322 g/mol. The van der Waals surface area contributed by atoms with Crippen molar-refractivity contribution >= 4 is 0 Å². The van der Waals surface area contributed by atoms with E-state index in [-0.39, 0.29) is 0 Å². The van der Waals surface area contributed by atoms with Gasteiger partial charge in [0, 0.05) is 5.92 Å². The molecule has 0 saturated carbocycles. The largest absolute Gasteiger partial charge is 0.374 e. The molecule has 1 aliphatic heterocycles. The van der Waals surface area contributed by atoms with Gasteiger partial charge in [-0.1, -0.05) is 97.0 Å². The summed E-state index contributed by atoms with van der Waals surface area (Å²) in [4.78, 5) is 0. The molecule has 0 bridgehead atoms. The van der Waals surface area contributed by atoms with E-state index in [1.54, 1.807) is 0 Å². The van der Waals surface area contributed by atoms with Crippen LogP contribution in [0.3, 0.4) is 0 Å². The summed E-state index contributed by atoms with van der Waals surface area (Å²) < 4.78 is 6.35. The lowest BCUT2D eigenvalue weighted by atomic mass is 9.94. The Kier molecular flexibility index (Phi) is 12.7. The summed E-state index contributed by atoms with van der Waals surface area (Å²) >= 11 is 0. The Morgan fingerprint density at radius 3 is 1.87 bits per heavy atom. The summed E-state index contributed by atoms with van der Waals surface area (Å²) in [6.45, 7) is 8.61. The lowest BCUT2D eigenvalue weighted by Gasteiger charge is -2.16. The van der Waals surface area contributed by atoms with Crippen molar-refractivity contribution in [3.05, 3.63) is 12.7 Å². The minimum Gasteiger partial charge on any atom is -0.374 e. The third-order valence-corrected chi connectivity index (χ3v) is 5.40. The van der Waals surface area contributed by atoms with Crippen LogP contribution in [0.1, 0.15) is 110 Å². The molecule has 1 heterocycles. The second kappa shape index (κ2) is 14.1. The highest BCUT2D eigenvalue weighted by molar-refractivity contribution is 4.92. The van der Waals surface area contributed by atoms with E-state index in [1.165, 1.54) is 96.3 Å². The zero-order valence-corrected chi connectivity index (χ0v) is 16.0. The van der Waals surface area contributed by atoms with Crippen LogP contribution in [0.15, 0.2) is 12.7 Å². The predicted molar refractivity (Wildman–Crippen MR) is 103 cm³/mol. The van der Waals surface area contributed by atoms with Crippen LogP contribution in [0.25, 0.3) is 0 Å². The molecule has 0 unspecified atom stereocenters. The molecule has 0 radical (unpaired) electrons. The van der Waals surface area contributed by atoms with Crippen LogP contribution in [0.4, 0.5) is 0 Å². The molecule has 1 saturated heterocycles. The van der Waals surface area contributed by atoms with E-state index >= 15 is 0 Å². The molecule has 23 heavy (non-hydrogen) atoms. The first-order valence-electron chi connectivity index (χ1n) is 10.6. The first-order chi connectivity index (χ1) is 11.3. The quantitative estimate of drug-likeness (QED) is 0.225. The molecule has 1 heteroatoms. The summed E-state index contributed by atoms with van der Waals surface area (Å²) in [7, 11) is 0. The van der Waals surface area contributed by atoms with E-state index in [1.807, 2.05) is 0 Å². The predicted octanol–water partition coefficient (Wildman–Crippen LogP) is 7.45. The van der Waals surface area contributed by atoms with Crippen molar-refractivity contribution in [3.63, 3.8) is 0 Å². The van der Waals surface area contributed by atoms with Gasteiger partial charge in [-0.2, -0.15) is 0 Å². The molecule has 3 atom stereocenters. The van der Waals surface area contributed by atoms with Gasteiger partial charge in [0.15, 0.2) is 0 Å². The lowest BCUT2D eigenvalue weighted by molar-refractivity contribution is 0.0273. The van der Waals surface area contributed by atoms with E-state index < -0.39 is 0 Å². The molecule has 136 valence electrons. The molecule has 0 aromatic heterocycles. The summed E-state index contributed by atoms with van der Waals surface area (Å²) in [6, 6.07) is 0. The molecule has 1 fully saturated rings. The Morgan fingerprint density at radius 1 is 0.783 bits per heavy atom. The molecule has 1 nitrogen and oxygen atoms in total. The van der Waals surface area contributed by atoms with E-state index in [4.69, 9.17) is 4.74 Å². The molecular weight excluding hydrogens is 280 g/mol. The van der Waals surface area contributed by atoms with Crippen LogP contribution < -0.4 is 0 Å². The van der Waals surface area contributed by atoms with Crippen LogP contribution >= 0.6 is 0 Å². The molecule has 0 aromatic rings. The molecule has 1 aliphatic rings. The maximum atomic E-state index is 6.35. The Balaban J connectivity index is 2.09. The van der Waals surface area contributed by atoms with Crippen LogP contribution in [0, 0.1) is 5.92 Å². The summed E-state index contributed by atoms with van der Waals surface area (Å²) in [5.74, 6) is 0.607. The second-order valence-electron chi connectivity index (χ2n) is 7.54. The zero-order chi connectivity index (χ0) is 16.8. The Hall–Kier alpha value is -0.300. The fraction of sp³-hybridized carbons (Fsp3) is 0.909. The maximum Gasteiger partial charge on any atom is 0.0642 e. The van der Waals surface area contributed by atoms with Crippen LogP contribution in [0.5, 0.6) is 0 Å². The van der Waals surface area contributed by atoms with Gasteiger partial charge in [-0.25, -0.2) is 0 Å². The van der Waals surface area contributed by atoms with Crippen LogP contribution in [0.2, 0.25) is 0 Å². The third kappa shape index (κ3) is 9.55. The Labute approximate surface area is 146 Å². The number of unbranched alkanes of at least 4 members (excludes halogenated alkanes) is 10. The van der Waals surface area contributed by atoms with Crippen molar-refractivity contribution < 1.29 is 4.74 Å². The Bertz CT molecular complexity index is 273. The molecule has 0 N–H and O–H groups in total. The van der Waals surface area contributed by atoms with Crippen molar-refractivity contribution in [2.75, 3.05) is 0 Å². The van der Waals surface area contributed by atoms with Crippen molar-refractivity contribution in [2.45, 2.75) is 122 Å². The van der Waals surface area contributed by atoms with Gasteiger partial charge >= 0.3 is 0 Å². The number of hydrogen-bond acceptors (Lipinski definition) is 1. The first kappa shape index (κ1) is 20.7. The zero-order valence-electron chi connectivity index (χ0n) is 16.0. The lowest BCUT2D eigenvalue weighted by Crippen LogP contribution is -2.14. The SMILES string of the molecule is C=C[C@@H]1C[C@H](CCCCCCCC)O[C@@H]1CCCCCCCC. The second-order valence-corrected chi connectivity index (χ2v) is 7.54. The standard InChI is InChI=1S/C22H42O/c1-4-7-9-11-13-15-17-21-19-20(6-3)22(23-21)18-16-14-12-10-8-5-2/h6,20-22H,3-5,7-19H2,1-2H3/t20-,21+,22-/m1/s1. The number of ether oxygens (including phenoxy) is 1. The minimum absolute atomic E-state index is 0.462. The highest BCUT2D eigenvalue weighted by atomic mass is 16.5. The highest BCUT2D eigenvalue weighted by Gasteiger charge is 2.32. The van der Waals surface area contributed by atoms with Gasteiger partial charge in [0.05, 0.1) is 12.2 Å². The number of rotatable bonds is 15. The summed E-state index contributed by atoms with van der Waals surface area (Å²) in [5, 5.41) is 0. The average molecular weight is 323 g/mol. The van der Waals surface area contributed by atoms with Crippen LogP contribution in [-0.4, -0.2) is 12.2 Å². The summed E-state index contributed by atoms with van der Waals surface area (Å²) in [5.41, 5.74) is 0. The molecular formula is C22H42O. The first-order valence-corrected chi connectivity index (χ1v) is 10.6. The van der Waals surface area contributed by atoms with Crippen molar-refractivity contribution in [1.82, 2.24) is 0 Å². The van der Waals surface area contributed by atoms with Gasteiger partial charge in [-0.15, -0.1) is 6.58 Å². The van der Waals surface area contributed by atoms with Gasteiger partial charge in [-0.05, 0) is 19.3 Å². The van der Waals surface area contributed by atoms with Gasteiger partial charge < -0.3 is 4.74 Å². The van der Waals surface area contributed by atoms with Gasteiger partial charge in [0.2, 0.25) is 0 Å². The van der Waals surface area contributed by atoms with E-state index in [0.717, 1.165) is 0 Å². The van der Waals surface area contributed by atoms with E-state index in [0.29, 0.717) is 18.1 Å². The highest BCUT2D eigenvalue weighted by Crippen LogP contribution is 2.33. The number of hydrogen-bond donors (Lipinski definition) is 0. The van der Waals surface area contributed by atoms with Crippen molar-refractivity contribution in [3.8, 4) is 0 Å². The maximum absolute atomic E-state index is 6.35. The van der Waals surface area contributed by atoms with Gasteiger partial charge in [-0.3, -0.25) is 0 Å². The summed E-state index contributed by atoms with van der Waals surface area (Å²) in [6.07, 6.45) is 23.4. The normalized spacial score (nSPS) is 24.2. The average Bonchev–Trinajstić information content (AvgIpc) is 2.96. The third-order valence-electron chi connectivity index (χ3n) is 5.40. The smallest absolute Gasteiger partial charge is 0.0642 e. The van der Waals surface area contributed by atoms with Gasteiger partial charge in [0.25, 0.3) is 0 Å². The van der Waals surface area contributed by atoms with Crippen molar-refractivity contribution in [2.24, 2.45) is 5.92 Å². The fourth-order valence-electron chi connectivity index (χ4n) is 3.85. The van der Waals surface area contributed by atoms with E-state index in [9.17, 15) is 0 Å². The topological polar surface area (TPSA) is 9.23 Å². The molecule has 0 aliphatic carbocycles. The molecule has 0 aromatic carbocycles.